The van der Waals surface area contributed by atoms with Gasteiger partial charge in [-0.05, 0) is 40.1 Å². The van der Waals surface area contributed by atoms with Crippen molar-refractivity contribution < 1.29 is 9.41 Å². The molecule has 2 heterocycles. The average Bonchev–Trinajstić information content (AvgIpc) is 2.80. The van der Waals surface area contributed by atoms with Gasteiger partial charge in [-0.2, -0.15) is 0 Å². The third-order valence-corrected chi connectivity index (χ3v) is 5.47. The molecule has 0 bridgehead atoms. The van der Waals surface area contributed by atoms with Crippen molar-refractivity contribution in [3.05, 3.63) is 107 Å². The number of hydrogen-bond acceptors (Lipinski definition) is 2. The molecule has 0 saturated carbocycles. The molecule has 0 aliphatic carbocycles. The van der Waals surface area contributed by atoms with Crippen molar-refractivity contribution in [2.24, 2.45) is 5.10 Å². The quantitative estimate of drug-likeness (QED) is 0.373. The van der Waals surface area contributed by atoms with Crippen LogP contribution in [-0.2, 0) is 0 Å². The zero-order valence-corrected chi connectivity index (χ0v) is 17.2. The summed E-state index contributed by atoms with van der Waals surface area (Å²) in [5.41, 5.74) is 6.31. The molecule has 0 saturated heterocycles. The van der Waals surface area contributed by atoms with Crippen LogP contribution in [0.3, 0.4) is 0 Å². The Kier molecular flexibility index (Phi) is 4.70. The van der Waals surface area contributed by atoms with E-state index in [2.05, 4.69) is 76.6 Å². The van der Waals surface area contributed by atoms with Crippen LogP contribution in [0.25, 0.3) is 22.4 Å². The summed E-state index contributed by atoms with van der Waals surface area (Å²) in [7, 11) is 0. The van der Waals surface area contributed by atoms with Crippen molar-refractivity contribution in [2.45, 2.75) is 0 Å². The first kappa shape index (κ1) is 17.8. The third-order valence-electron chi connectivity index (χ3n) is 4.94. The van der Waals surface area contributed by atoms with E-state index in [0.717, 1.165) is 44.0 Å². The fourth-order valence-electron chi connectivity index (χ4n) is 3.46. The number of pyridine rings is 1. The lowest BCUT2D eigenvalue weighted by molar-refractivity contribution is -0.676. The summed E-state index contributed by atoms with van der Waals surface area (Å²) in [6.45, 7) is 0.439. The summed E-state index contributed by atoms with van der Waals surface area (Å²) in [5.74, 6) is 0.742. The van der Waals surface area contributed by atoms with Crippen molar-refractivity contribution in [3.8, 4) is 28.3 Å². The number of ether oxygens (including phenoxy) is 1. The number of rotatable bonds is 3. The number of nitrogens with zero attached hydrogens (tertiary/aromatic N) is 2. The van der Waals surface area contributed by atoms with Gasteiger partial charge in [-0.15, -0.1) is 0 Å². The summed E-state index contributed by atoms with van der Waals surface area (Å²) in [6.07, 6.45) is 0. The first-order valence-corrected chi connectivity index (χ1v) is 10.2. The lowest BCUT2D eigenvalue weighted by atomic mass is 10.0. The minimum atomic E-state index is 0.439. The Morgan fingerprint density at radius 3 is 2.03 bits per heavy atom. The first-order valence-electron chi connectivity index (χ1n) is 9.45. The monoisotopic (exact) mass is 441 g/mol. The SMILES string of the molecule is Brc1ccc(C2=N[n+]3c(cc(-c4ccccc4)cc3-c3ccccc3)OC2)cc1. The topological polar surface area (TPSA) is 25.5 Å². The fraction of sp³-hybridized carbons (Fsp3) is 0.0400. The van der Waals surface area contributed by atoms with Gasteiger partial charge in [-0.25, -0.2) is 0 Å². The molecule has 140 valence electrons. The van der Waals surface area contributed by atoms with E-state index in [4.69, 9.17) is 9.84 Å². The predicted molar refractivity (Wildman–Crippen MR) is 119 cm³/mol. The van der Waals surface area contributed by atoms with Crippen molar-refractivity contribution in [3.63, 3.8) is 0 Å². The second kappa shape index (κ2) is 7.64. The molecule has 0 unspecified atom stereocenters. The van der Waals surface area contributed by atoms with E-state index < -0.39 is 0 Å². The van der Waals surface area contributed by atoms with Gasteiger partial charge in [0.05, 0.1) is 6.07 Å². The lowest BCUT2D eigenvalue weighted by Crippen LogP contribution is -2.40. The van der Waals surface area contributed by atoms with Gasteiger partial charge in [0, 0.05) is 26.8 Å². The Labute approximate surface area is 178 Å². The maximum Gasteiger partial charge on any atom is 0.400 e. The molecule has 29 heavy (non-hydrogen) atoms. The smallest absolute Gasteiger partial charge is 0.400 e. The van der Waals surface area contributed by atoms with Crippen LogP contribution >= 0.6 is 15.9 Å². The van der Waals surface area contributed by atoms with Crippen LogP contribution < -0.4 is 9.41 Å². The van der Waals surface area contributed by atoms with Crippen LogP contribution in [0.4, 0.5) is 0 Å². The molecule has 0 radical (unpaired) electrons. The number of halogens is 1. The molecular formula is C25H18BrN2O+. The first-order chi connectivity index (χ1) is 14.3. The third kappa shape index (κ3) is 3.59. The second-order valence-electron chi connectivity index (χ2n) is 6.85. The summed E-state index contributed by atoms with van der Waals surface area (Å²) < 4.78 is 9.12. The van der Waals surface area contributed by atoms with Gasteiger partial charge in [-0.1, -0.05) is 76.6 Å². The normalized spacial score (nSPS) is 12.7. The molecule has 1 aromatic heterocycles. The molecule has 1 aliphatic heterocycles. The Bertz CT molecular complexity index is 1190. The molecule has 1 aliphatic rings. The van der Waals surface area contributed by atoms with Gasteiger partial charge >= 0.3 is 5.88 Å². The van der Waals surface area contributed by atoms with E-state index in [-0.39, 0.29) is 0 Å². The molecule has 0 N–H and O–H groups in total. The lowest BCUT2D eigenvalue weighted by Gasteiger charge is -2.14. The Morgan fingerprint density at radius 1 is 0.690 bits per heavy atom. The minimum absolute atomic E-state index is 0.439. The molecule has 4 heteroatoms. The van der Waals surface area contributed by atoms with Crippen molar-refractivity contribution in [2.75, 3.05) is 6.61 Å². The number of aromatic nitrogens is 1. The Hall–Kier alpha value is -3.24. The molecule has 5 rings (SSSR count). The van der Waals surface area contributed by atoms with E-state index in [0.29, 0.717) is 6.61 Å². The van der Waals surface area contributed by atoms with Crippen LogP contribution in [0.2, 0.25) is 0 Å². The van der Waals surface area contributed by atoms with Gasteiger partial charge in [-0.3, -0.25) is 0 Å². The average molecular weight is 442 g/mol. The zero-order valence-electron chi connectivity index (χ0n) is 15.6. The fourth-order valence-corrected chi connectivity index (χ4v) is 3.72. The molecule has 0 fully saturated rings. The van der Waals surface area contributed by atoms with E-state index in [9.17, 15) is 0 Å². The van der Waals surface area contributed by atoms with Gasteiger partial charge in [0.2, 0.25) is 5.69 Å². The number of hydrogen-bond donors (Lipinski definition) is 0. The van der Waals surface area contributed by atoms with E-state index in [1.54, 1.807) is 0 Å². The van der Waals surface area contributed by atoms with Gasteiger partial charge in [0.1, 0.15) is 6.61 Å². The highest BCUT2D eigenvalue weighted by Crippen LogP contribution is 2.28. The minimum Gasteiger partial charge on any atom is -0.436 e. The molecule has 4 aromatic rings. The number of fused-ring (bicyclic) bond motifs is 1. The van der Waals surface area contributed by atoms with Crippen LogP contribution in [0.15, 0.2) is 107 Å². The number of benzene rings is 3. The van der Waals surface area contributed by atoms with Gasteiger partial charge in [0.15, 0.2) is 5.71 Å². The van der Waals surface area contributed by atoms with E-state index >= 15 is 0 Å². The summed E-state index contributed by atoms with van der Waals surface area (Å²) in [4.78, 5) is 0. The van der Waals surface area contributed by atoms with Crippen LogP contribution in [0, 0.1) is 0 Å². The van der Waals surface area contributed by atoms with Crippen LogP contribution in [-0.4, -0.2) is 12.3 Å². The Morgan fingerprint density at radius 2 is 1.34 bits per heavy atom. The van der Waals surface area contributed by atoms with Crippen LogP contribution in [0.5, 0.6) is 5.88 Å². The summed E-state index contributed by atoms with van der Waals surface area (Å²) >= 11 is 3.49. The molecule has 0 atom stereocenters. The highest BCUT2D eigenvalue weighted by atomic mass is 79.9. The molecular weight excluding hydrogens is 424 g/mol. The summed E-state index contributed by atoms with van der Waals surface area (Å²) in [6, 6.07) is 33.0. The van der Waals surface area contributed by atoms with E-state index in [1.165, 1.54) is 0 Å². The molecule has 0 amide bonds. The molecule has 3 nitrogen and oxygen atoms in total. The highest BCUT2D eigenvalue weighted by molar-refractivity contribution is 9.10. The van der Waals surface area contributed by atoms with Crippen LogP contribution in [0.1, 0.15) is 5.56 Å². The molecule has 3 aromatic carbocycles. The summed E-state index contributed by atoms with van der Waals surface area (Å²) in [5, 5.41) is 4.95. The van der Waals surface area contributed by atoms with E-state index in [1.807, 2.05) is 41.1 Å². The second-order valence-corrected chi connectivity index (χ2v) is 7.77. The maximum atomic E-state index is 6.17. The van der Waals surface area contributed by atoms with Crippen molar-refractivity contribution in [1.29, 1.82) is 0 Å². The predicted octanol–water partition coefficient (Wildman–Crippen LogP) is 5.72. The highest BCUT2D eigenvalue weighted by Gasteiger charge is 2.28. The van der Waals surface area contributed by atoms with Crippen molar-refractivity contribution in [1.82, 2.24) is 0 Å². The largest absolute Gasteiger partial charge is 0.436 e. The Balaban J connectivity index is 1.69. The van der Waals surface area contributed by atoms with Gasteiger partial charge < -0.3 is 4.74 Å². The molecule has 0 spiro atoms. The zero-order chi connectivity index (χ0) is 19.6. The van der Waals surface area contributed by atoms with Gasteiger partial charge in [0.25, 0.3) is 0 Å². The maximum absolute atomic E-state index is 6.17. The standard InChI is InChI=1S/C25H18BrN2O/c26-22-13-11-19(12-14-22)23-17-29-25-16-21(18-7-3-1-4-8-18)15-24(28(25)27-23)20-9-5-2-6-10-20/h1-16H,17H2/q+1. The van der Waals surface area contributed by atoms with Crippen molar-refractivity contribution >= 4 is 21.6 Å².